The molecule has 0 aliphatic carbocycles. The summed E-state index contributed by atoms with van der Waals surface area (Å²) in [4.78, 5) is 0. The SMILES string of the molecule is c1ccc(-c2ccc(-c3c4ccccc4c(-c4cc5c6ccccc6c6c(c7ccccc7n6-c6ccccc6)c5c5ccccc45)c4ccccc34)cc2)cc1. The fraction of sp³-hybridized carbons (Fsp3) is 0. The molecule has 12 rings (SSSR count). The lowest BCUT2D eigenvalue weighted by Crippen LogP contribution is -1.95. The summed E-state index contributed by atoms with van der Waals surface area (Å²) in [5.74, 6) is 0. The highest BCUT2D eigenvalue weighted by molar-refractivity contribution is 6.39. The van der Waals surface area contributed by atoms with E-state index in [2.05, 4.69) is 217 Å². The van der Waals surface area contributed by atoms with Crippen LogP contribution < -0.4 is 0 Å². The van der Waals surface area contributed by atoms with Gasteiger partial charge in [-0.05, 0) is 101 Å². The van der Waals surface area contributed by atoms with E-state index in [0.29, 0.717) is 0 Å². The van der Waals surface area contributed by atoms with Gasteiger partial charge in [0.1, 0.15) is 0 Å². The molecule has 264 valence electrons. The Balaban J connectivity index is 1.22. The summed E-state index contributed by atoms with van der Waals surface area (Å²) >= 11 is 0. The van der Waals surface area contributed by atoms with Gasteiger partial charge in [-0.25, -0.2) is 0 Å². The molecule has 11 aromatic carbocycles. The van der Waals surface area contributed by atoms with Crippen molar-refractivity contribution in [3.8, 4) is 39.1 Å². The van der Waals surface area contributed by atoms with Crippen LogP contribution in [0, 0.1) is 0 Å². The Bertz CT molecular complexity index is 3480. The van der Waals surface area contributed by atoms with Crippen molar-refractivity contribution >= 4 is 75.7 Å². The maximum Gasteiger partial charge on any atom is 0.0626 e. The van der Waals surface area contributed by atoms with Crippen LogP contribution in [0.3, 0.4) is 0 Å². The molecule has 57 heavy (non-hydrogen) atoms. The van der Waals surface area contributed by atoms with E-state index in [1.54, 1.807) is 0 Å². The van der Waals surface area contributed by atoms with Crippen molar-refractivity contribution < 1.29 is 0 Å². The van der Waals surface area contributed by atoms with Gasteiger partial charge in [0.2, 0.25) is 0 Å². The standard InChI is InChI=1S/C56H35N/c1-3-17-36(18-4-1)37-31-33-38(34-32-37)52-43-24-10-12-26-45(43)53(46-27-13-11-25-44(46)52)49-35-50-41-22-8-14-28-47(41)56-55(54(50)42-23-9-7-21-40(42)49)48-29-15-16-30-51(48)57(56)39-19-5-2-6-20-39/h1-35H. The zero-order chi connectivity index (χ0) is 37.5. The van der Waals surface area contributed by atoms with Crippen LogP contribution >= 0.6 is 0 Å². The molecule has 0 N–H and O–H groups in total. The van der Waals surface area contributed by atoms with E-state index in [9.17, 15) is 0 Å². The second-order valence-corrected chi connectivity index (χ2v) is 15.1. The number of hydrogen-bond acceptors (Lipinski definition) is 0. The molecule has 0 aliphatic heterocycles. The molecule has 0 unspecified atom stereocenters. The molecule has 0 amide bonds. The summed E-state index contributed by atoms with van der Waals surface area (Å²) in [6.07, 6.45) is 0. The second kappa shape index (κ2) is 12.5. The van der Waals surface area contributed by atoms with Crippen molar-refractivity contribution in [3.63, 3.8) is 0 Å². The molecule has 0 fully saturated rings. The molecule has 1 nitrogen and oxygen atoms in total. The van der Waals surface area contributed by atoms with E-state index in [1.165, 1.54) is 115 Å². The quantitative estimate of drug-likeness (QED) is 0.126. The smallest absolute Gasteiger partial charge is 0.0626 e. The molecule has 1 heterocycles. The lowest BCUT2D eigenvalue weighted by atomic mass is 9.82. The van der Waals surface area contributed by atoms with Crippen LogP contribution in [0.2, 0.25) is 0 Å². The largest absolute Gasteiger partial charge is 0.309 e. The summed E-state index contributed by atoms with van der Waals surface area (Å²) in [5.41, 5.74) is 11.1. The first-order chi connectivity index (χ1) is 28.3. The maximum atomic E-state index is 2.51. The zero-order valence-corrected chi connectivity index (χ0v) is 31.2. The van der Waals surface area contributed by atoms with Gasteiger partial charge in [0.25, 0.3) is 0 Å². The summed E-state index contributed by atoms with van der Waals surface area (Å²) in [7, 11) is 0. The first-order valence-electron chi connectivity index (χ1n) is 19.8. The molecule has 0 bridgehead atoms. The summed E-state index contributed by atoms with van der Waals surface area (Å²) in [6.45, 7) is 0. The number of fused-ring (bicyclic) bond motifs is 12. The molecular weight excluding hydrogens is 687 g/mol. The van der Waals surface area contributed by atoms with Gasteiger partial charge in [-0.2, -0.15) is 0 Å². The predicted molar refractivity (Wildman–Crippen MR) is 245 cm³/mol. The number of rotatable bonds is 4. The van der Waals surface area contributed by atoms with Crippen LogP contribution in [0.25, 0.3) is 115 Å². The van der Waals surface area contributed by atoms with E-state index in [1.807, 2.05) is 0 Å². The van der Waals surface area contributed by atoms with E-state index in [-0.39, 0.29) is 0 Å². The highest BCUT2D eigenvalue weighted by Crippen LogP contribution is 2.50. The minimum Gasteiger partial charge on any atom is -0.309 e. The number of nitrogens with zero attached hydrogens (tertiary/aromatic N) is 1. The van der Waals surface area contributed by atoms with E-state index >= 15 is 0 Å². The van der Waals surface area contributed by atoms with Crippen molar-refractivity contribution in [2.45, 2.75) is 0 Å². The summed E-state index contributed by atoms with van der Waals surface area (Å²) < 4.78 is 2.47. The van der Waals surface area contributed by atoms with Crippen LogP contribution in [-0.2, 0) is 0 Å². The molecule has 0 aliphatic rings. The van der Waals surface area contributed by atoms with Gasteiger partial charge in [0.15, 0.2) is 0 Å². The van der Waals surface area contributed by atoms with E-state index in [4.69, 9.17) is 0 Å². The van der Waals surface area contributed by atoms with Gasteiger partial charge in [-0.3, -0.25) is 0 Å². The molecule has 1 aromatic heterocycles. The van der Waals surface area contributed by atoms with Crippen molar-refractivity contribution in [2.75, 3.05) is 0 Å². The fourth-order valence-electron chi connectivity index (χ4n) is 9.77. The Kier molecular flexibility index (Phi) is 7.00. The van der Waals surface area contributed by atoms with Crippen molar-refractivity contribution in [1.29, 1.82) is 0 Å². The zero-order valence-electron chi connectivity index (χ0n) is 31.2. The molecule has 0 atom stereocenters. The summed E-state index contributed by atoms with van der Waals surface area (Å²) in [5, 5.41) is 15.2. The number of benzene rings is 11. The molecule has 12 aromatic rings. The van der Waals surface area contributed by atoms with Crippen molar-refractivity contribution in [1.82, 2.24) is 4.57 Å². The Labute approximate surface area is 330 Å². The molecule has 0 saturated heterocycles. The van der Waals surface area contributed by atoms with Crippen LogP contribution in [0.5, 0.6) is 0 Å². The van der Waals surface area contributed by atoms with Gasteiger partial charge in [0.05, 0.1) is 11.0 Å². The third-order valence-corrected chi connectivity index (χ3v) is 12.1. The third kappa shape index (κ3) is 4.70. The number of para-hydroxylation sites is 2. The van der Waals surface area contributed by atoms with Crippen molar-refractivity contribution in [2.24, 2.45) is 0 Å². The van der Waals surface area contributed by atoms with Crippen LogP contribution in [0.15, 0.2) is 212 Å². The number of hydrogen-bond donors (Lipinski definition) is 0. The van der Waals surface area contributed by atoms with Gasteiger partial charge < -0.3 is 4.57 Å². The predicted octanol–water partition coefficient (Wildman–Crippen LogP) is 15.6. The lowest BCUT2D eigenvalue weighted by molar-refractivity contribution is 1.19. The Morgan fingerprint density at radius 1 is 0.263 bits per heavy atom. The average Bonchev–Trinajstić information content (AvgIpc) is 3.64. The molecular formula is C56H35N. The van der Waals surface area contributed by atoms with Gasteiger partial charge in [-0.15, -0.1) is 0 Å². The Morgan fingerprint density at radius 3 is 1.37 bits per heavy atom. The van der Waals surface area contributed by atoms with Gasteiger partial charge in [-0.1, -0.05) is 188 Å². The van der Waals surface area contributed by atoms with Crippen LogP contribution in [-0.4, -0.2) is 4.57 Å². The first-order valence-corrected chi connectivity index (χ1v) is 19.8. The topological polar surface area (TPSA) is 4.93 Å². The Hall–Kier alpha value is -7.48. The first kappa shape index (κ1) is 31.8. The number of aromatic nitrogens is 1. The molecule has 0 radical (unpaired) electrons. The highest BCUT2D eigenvalue weighted by Gasteiger charge is 2.23. The average molecular weight is 722 g/mol. The third-order valence-electron chi connectivity index (χ3n) is 12.1. The van der Waals surface area contributed by atoms with Gasteiger partial charge in [0, 0.05) is 27.2 Å². The van der Waals surface area contributed by atoms with Crippen molar-refractivity contribution in [3.05, 3.63) is 212 Å². The van der Waals surface area contributed by atoms with E-state index < -0.39 is 0 Å². The maximum absolute atomic E-state index is 2.51. The van der Waals surface area contributed by atoms with Gasteiger partial charge >= 0.3 is 0 Å². The van der Waals surface area contributed by atoms with Crippen LogP contribution in [0.4, 0.5) is 0 Å². The highest BCUT2D eigenvalue weighted by atomic mass is 15.0. The molecule has 0 spiro atoms. The second-order valence-electron chi connectivity index (χ2n) is 15.1. The normalized spacial score (nSPS) is 11.9. The Morgan fingerprint density at radius 2 is 0.719 bits per heavy atom. The lowest BCUT2D eigenvalue weighted by Gasteiger charge is -2.20. The molecule has 1 heteroatoms. The van der Waals surface area contributed by atoms with Crippen LogP contribution in [0.1, 0.15) is 0 Å². The fourth-order valence-corrected chi connectivity index (χ4v) is 9.77. The minimum absolute atomic E-state index is 1.17. The molecule has 0 saturated carbocycles. The minimum atomic E-state index is 1.17. The summed E-state index contributed by atoms with van der Waals surface area (Å²) in [6, 6.07) is 78.2. The van der Waals surface area contributed by atoms with E-state index in [0.717, 1.165) is 0 Å². The monoisotopic (exact) mass is 721 g/mol.